The fraction of sp³-hybridized carbons (Fsp3) is 0.714. The van der Waals surface area contributed by atoms with Crippen molar-refractivity contribution in [2.75, 3.05) is 13.1 Å². The molecular weight excluding hydrogens is 430 g/mol. The van der Waals surface area contributed by atoms with Gasteiger partial charge < -0.3 is 14.6 Å². The van der Waals surface area contributed by atoms with E-state index in [1.54, 1.807) is 0 Å². The topological polar surface area (TPSA) is 76.1 Å². The van der Waals surface area contributed by atoms with Crippen LogP contribution in [0.5, 0.6) is 11.5 Å². The van der Waals surface area contributed by atoms with Crippen LogP contribution in [0.3, 0.4) is 0 Å². The molecule has 1 N–H and O–H groups in total. The number of piperidine rings is 1. The summed E-state index contributed by atoms with van der Waals surface area (Å²) in [6.07, 6.45) is 8.69. The highest BCUT2D eigenvalue weighted by atomic mass is 16.6. The van der Waals surface area contributed by atoms with Crippen LogP contribution in [0.2, 0.25) is 0 Å². The Labute approximate surface area is 201 Å². The van der Waals surface area contributed by atoms with E-state index in [9.17, 15) is 14.7 Å². The number of ether oxygens (including phenoxy) is 2. The Bertz CT molecular complexity index is 1060. The van der Waals surface area contributed by atoms with Gasteiger partial charge in [0.25, 0.3) is 0 Å². The minimum atomic E-state index is -0.989. The predicted octanol–water partition coefficient (Wildman–Crippen LogP) is 3.55. The van der Waals surface area contributed by atoms with E-state index in [-0.39, 0.29) is 23.7 Å². The van der Waals surface area contributed by atoms with Crippen LogP contribution in [0.25, 0.3) is 0 Å². The first-order chi connectivity index (χ1) is 16.4. The van der Waals surface area contributed by atoms with Crippen LogP contribution in [0.4, 0.5) is 0 Å². The quantitative estimate of drug-likeness (QED) is 0.530. The second kappa shape index (κ2) is 7.30. The molecule has 0 amide bonds. The van der Waals surface area contributed by atoms with Crippen LogP contribution in [0.15, 0.2) is 12.1 Å². The molecule has 1 saturated heterocycles. The number of carbonyl (C=O) groups excluding carboxylic acids is 2. The number of Topliss-reactive ketones (excluding diaryl/α,β-unsaturated/α-hetero) is 1. The normalized spacial score (nSPS) is 37.3. The minimum absolute atomic E-state index is 0.00953. The minimum Gasteiger partial charge on any atom is -0.477 e. The summed E-state index contributed by atoms with van der Waals surface area (Å²) in [5, 5.41) is 12.4. The van der Waals surface area contributed by atoms with Crippen LogP contribution >= 0.6 is 0 Å². The number of likely N-dealkylation sites (tertiary alicyclic amines) is 1. The average molecular weight is 466 g/mol. The molecule has 4 fully saturated rings. The molecule has 2 aliphatic heterocycles. The number of nitrogens with zero attached hydrogens (tertiary/aromatic N) is 1. The molecule has 6 aliphatic rings. The van der Waals surface area contributed by atoms with Gasteiger partial charge in [0.2, 0.25) is 0 Å². The van der Waals surface area contributed by atoms with Crippen molar-refractivity contribution in [2.45, 2.75) is 94.3 Å². The summed E-state index contributed by atoms with van der Waals surface area (Å²) in [7, 11) is 0. The number of aliphatic hydroxyl groups is 1. The van der Waals surface area contributed by atoms with Crippen LogP contribution in [0, 0.1) is 17.8 Å². The summed E-state index contributed by atoms with van der Waals surface area (Å²) >= 11 is 0. The van der Waals surface area contributed by atoms with E-state index in [1.165, 1.54) is 25.7 Å². The largest absolute Gasteiger partial charge is 0.477 e. The second-order valence-electron chi connectivity index (χ2n) is 11.9. The van der Waals surface area contributed by atoms with E-state index in [2.05, 4.69) is 11.0 Å². The van der Waals surface area contributed by atoms with Crippen molar-refractivity contribution in [3.05, 3.63) is 23.3 Å². The lowest BCUT2D eigenvalue weighted by molar-refractivity contribution is -0.188. The molecule has 182 valence electrons. The lowest BCUT2D eigenvalue weighted by atomic mass is 9.49. The van der Waals surface area contributed by atoms with E-state index in [0.717, 1.165) is 49.4 Å². The Morgan fingerprint density at radius 1 is 1.24 bits per heavy atom. The number of benzene rings is 1. The van der Waals surface area contributed by atoms with Crippen molar-refractivity contribution in [3.8, 4) is 11.5 Å². The first-order valence-electron chi connectivity index (χ1n) is 13.5. The molecule has 6 heteroatoms. The van der Waals surface area contributed by atoms with Crippen molar-refractivity contribution in [2.24, 2.45) is 17.8 Å². The number of hydrogen-bond acceptors (Lipinski definition) is 6. The highest BCUT2D eigenvalue weighted by molar-refractivity contribution is 5.90. The SMILES string of the molecule is CC(C(=O)Oc1ccc2c3c1O[C@H]1C(=O)CC[C@@]4(O)C(C2)N(CC2CC2)CC[C@]314)C1CCCC1. The molecule has 3 saturated carbocycles. The molecule has 5 atom stereocenters. The zero-order valence-electron chi connectivity index (χ0n) is 20.1. The Morgan fingerprint density at radius 2 is 2.03 bits per heavy atom. The van der Waals surface area contributed by atoms with E-state index in [0.29, 0.717) is 36.7 Å². The zero-order valence-corrected chi connectivity index (χ0v) is 20.1. The van der Waals surface area contributed by atoms with Gasteiger partial charge in [-0.25, -0.2) is 0 Å². The lowest BCUT2D eigenvalue weighted by Crippen LogP contribution is -2.76. The Kier molecular flexibility index (Phi) is 4.59. The molecule has 4 aliphatic carbocycles. The van der Waals surface area contributed by atoms with Crippen molar-refractivity contribution >= 4 is 11.8 Å². The van der Waals surface area contributed by atoms with Crippen molar-refractivity contribution < 1.29 is 24.2 Å². The van der Waals surface area contributed by atoms with Gasteiger partial charge in [-0.3, -0.25) is 14.5 Å². The van der Waals surface area contributed by atoms with Gasteiger partial charge in [0, 0.05) is 24.6 Å². The highest BCUT2D eigenvalue weighted by Gasteiger charge is 2.73. The standard InChI is InChI=1S/C28H35NO5/c1-16(18-4-2-3-5-18)26(31)33-21-9-8-19-14-22-28(32)11-10-20(30)25-27(28,23(19)24(21)34-25)12-13-29(22)15-17-6-7-17/h8-9,16-18,22,25,32H,2-7,10-15H2,1H3/t16?,22?,25-,27-,28+/m0/s1. The summed E-state index contributed by atoms with van der Waals surface area (Å²) in [5.74, 6) is 1.79. The van der Waals surface area contributed by atoms with Crippen molar-refractivity contribution in [1.82, 2.24) is 4.90 Å². The van der Waals surface area contributed by atoms with Crippen LogP contribution in [0.1, 0.15) is 75.8 Å². The smallest absolute Gasteiger partial charge is 0.314 e. The zero-order chi connectivity index (χ0) is 23.2. The van der Waals surface area contributed by atoms with Gasteiger partial charge in [0.05, 0.1) is 16.9 Å². The molecule has 1 aromatic carbocycles. The fourth-order valence-electron chi connectivity index (χ4n) is 8.18. The maximum absolute atomic E-state index is 13.2. The third kappa shape index (κ3) is 2.76. The number of esters is 1. The van der Waals surface area contributed by atoms with E-state index < -0.39 is 17.1 Å². The maximum atomic E-state index is 13.2. The molecular formula is C28H35NO5. The lowest BCUT2D eigenvalue weighted by Gasteiger charge is -2.62. The van der Waals surface area contributed by atoms with E-state index in [4.69, 9.17) is 9.47 Å². The van der Waals surface area contributed by atoms with Crippen LogP contribution < -0.4 is 9.47 Å². The molecule has 34 heavy (non-hydrogen) atoms. The van der Waals surface area contributed by atoms with Gasteiger partial charge in [0.1, 0.15) is 0 Å². The first-order valence-corrected chi connectivity index (χ1v) is 13.5. The molecule has 0 radical (unpaired) electrons. The third-order valence-electron chi connectivity index (χ3n) is 10.2. The summed E-state index contributed by atoms with van der Waals surface area (Å²) in [4.78, 5) is 28.8. The van der Waals surface area contributed by atoms with Gasteiger partial charge >= 0.3 is 5.97 Å². The molecule has 2 unspecified atom stereocenters. The average Bonchev–Trinajstić information content (AvgIpc) is 3.32. The summed E-state index contributed by atoms with van der Waals surface area (Å²) in [6.45, 7) is 3.88. The molecule has 0 aromatic heterocycles. The Balaban J connectivity index is 1.28. The Morgan fingerprint density at radius 3 is 2.79 bits per heavy atom. The molecule has 1 aromatic rings. The van der Waals surface area contributed by atoms with Crippen LogP contribution in [-0.4, -0.2) is 52.6 Å². The molecule has 2 heterocycles. The van der Waals surface area contributed by atoms with E-state index >= 15 is 0 Å². The molecule has 6 nitrogen and oxygen atoms in total. The molecule has 7 rings (SSSR count). The monoisotopic (exact) mass is 465 g/mol. The van der Waals surface area contributed by atoms with Crippen molar-refractivity contribution in [1.29, 1.82) is 0 Å². The number of rotatable bonds is 5. The van der Waals surface area contributed by atoms with E-state index in [1.807, 2.05) is 13.0 Å². The maximum Gasteiger partial charge on any atom is 0.314 e. The summed E-state index contributed by atoms with van der Waals surface area (Å²) < 4.78 is 12.4. The molecule has 1 spiro atoms. The van der Waals surface area contributed by atoms with Crippen LogP contribution in [-0.2, 0) is 21.4 Å². The Hall–Kier alpha value is -1.92. The van der Waals surface area contributed by atoms with Gasteiger partial charge in [-0.15, -0.1) is 0 Å². The second-order valence-corrected chi connectivity index (χ2v) is 11.9. The predicted molar refractivity (Wildman–Crippen MR) is 125 cm³/mol. The van der Waals surface area contributed by atoms with Gasteiger partial charge in [-0.05, 0) is 75.0 Å². The first kappa shape index (κ1) is 21.4. The summed E-state index contributed by atoms with van der Waals surface area (Å²) in [5.41, 5.74) is 0.381. The summed E-state index contributed by atoms with van der Waals surface area (Å²) in [6, 6.07) is 3.92. The number of carbonyl (C=O) groups is 2. The van der Waals surface area contributed by atoms with Gasteiger partial charge in [-0.1, -0.05) is 25.8 Å². The number of ketones is 1. The number of hydrogen-bond donors (Lipinski definition) is 1. The molecule has 2 bridgehead atoms. The van der Waals surface area contributed by atoms with Gasteiger partial charge in [-0.2, -0.15) is 0 Å². The van der Waals surface area contributed by atoms with Crippen molar-refractivity contribution in [3.63, 3.8) is 0 Å². The highest BCUT2D eigenvalue weighted by Crippen LogP contribution is 2.65. The fourth-order valence-corrected chi connectivity index (χ4v) is 8.18. The third-order valence-corrected chi connectivity index (χ3v) is 10.2. The van der Waals surface area contributed by atoms with Gasteiger partial charge in [0.15, 0.2) is 23.4 Å².